The minimum Gasteiger partial charge on any atom is -0.447 e. The average Bonchev–Trinajstić information content (AvgIpc) is 2.70. The molecule has 1 aliphatic rings. The van der Waals surface area contributed by atoms with Gasteiger partial charge >= 0.3 is 6.09 Å². The topological polar surface area (TPSA) is 75.7 Å². The number of rotatable bonds is 4. The Kier molecular flexibility index (Phi) is 4.49. The van der Waals surface area contributed by atoms with Crippen LogP contribution in [0, 0.1) is 5.82 Å². The molecule has 0 aliphatic carbocycles. The summed E-state index contributed by atoms with van der Waals surface area (Å²) in [4.78, 5) is 38.3. The number of nitrogens with one attached hydrogen (secondary N) is 1. The number of nitrogens with zero attached hydrogens (tertiary/aromatic N) is 1. The zero-order valence-corrected chi connectivity index (χ0v) is 14.6. The van der Waals surface area contributed by atoms with Gasteiger partial charge in [0.2, 0.25) is 0 Å². The van der Waals surface area contributed by atoms with E-state index in [2.05, 4.69) is 5.32 Å². The SMILES string of the molecule is O=C(Nc1ccccc1F)OCCN1C(=O)c2cccc3cccc(c23)C1=O. The molecule has 3 aromatic carbocycles. The van der Waals surface area contributed by atoms with E-state index in [-0.39, 0.29) is 18.8 Å². The molecule has 0 aromatic heterocycles. The average molecular weight is 378 g/mol. The van der Waals surface area contributed by atoms with Gasteiger partial charge in [0.25, 0.3) is 11.8 Å². The summed E-state index contributed by atoms with van der Waals surface area (Å²) < 4.78 is 18.5. The number of hydrogen-bond acceptors (Lipinski definition) is 4. The number of amides is 3. The molecule has 3 amide bonds. The number of para-hydroxylation sites is 1. The van der Waals surface area contributed by atoms with Gasteiger partial charge in [0.05, 0.1) is 12.2 Å². The Morgan fingerprint density at radius 1 is 0.929 bits per heavy atom. The molecule has 0 spiro atoms. The lowest BCUT2D eigenvalue weighted by Crippen LogP contribution is -2.42. The smallest absolute Gasteiger partial charge is 0.411 e. The quantitative estimate of drug-likeness (QED) is 0.700. The van der Waals surface area contributed by atoms with Crippen molar-refractivity contribution >= 4 is 34.4 Å². The van der Waals surface area contributed by atoms with Crippen LogP contribution in [-0.2, 0) is 4.74 Å². The fourth-order valence-electron chi connectivity index (χ4n) is 3.22. The van der Waals surface area contributed by atoms with Crippen LogP contribution >= 0.6 is 0 Å². The van der Waals surface area contributed by atoms with Crippen LogP contribution in [0.25, 0.3) is 10.8 Å². The summed E-state index contributed by atoms with van der Waals surface area (Å²) in [6.07, 6.45) is -0.871. The highest BCUT2D eigenvalue weighted by molar-refractivity contribution is 6.25. The zero-order chi connectivity index (χ0) is 19.7. The molecule has 0 radical (unpaired) electrons. The maximum atomic E-state index is 13.5. The van der Waals surface area contributed by atoms with E-state index in [1.165, 1.54) is 18.2 Å². The van der Waals surface area contributed by atoms with Crippen LogP contribution in [0.4, 0.5) is 14.9 Å². The maximum absolute atomic E-state index is 13.5. The monoisotopic (exact) mass is 378 g/mol. The lowest BCUT2D eigenvalue weighted by molar-refractivity contribution is 0.0568. The van der Waals surface area contributed by atoms with E-state index in [1.54, 1.807) is 30.3 Å². The number of halogens is 1. The predicted molar refractivity (Wildman–Crippen MR) is 101 cm³/mol. The third-order valence-electron chi connectivity index (χ3n) is 4.51. The number of benzene rings is 3. The highest BCUT2D eigenvalue weighted by Crippen LogP contribution is 2.29. The predicted octanol–water partition coefficient (Wildman–Crippen LogP) is 3.82. The molecule has 1 aliphatic heterocycles. The van der Waals surface area contributed by atoms with Crippen LogP contribution in [0.5, 0.6) is 0 Å². The van der Waals surface area contributed by atoms with Crippen molar-refractivity contribution in [2.75, 3.05) is 18.5 Å². The summed E-state index contributed by atoms with van der Waals surface area (Å²) in [7, 11) is 0. The molecular formula is C21H15FN2O4. The number of imide groups is 1. The number of carbonyl (C=O) groups is 3. The molecule has 0 fully saturated rings. The van der Waals surface area contributed by atoms with Gasteiger partial charge < -0.3 is 4.74 Å². The molecule has 1 N–H and O–H groups in total. The van der Waals surface area contributed by atoms with Gasteiger partial charge in [0.15, 0.2) is 0 Å². The Morgan fingerprint density at radius 2 is 1.57 bits per heavy atom. The van der Waals surface area contributed by atoms with Crippen LogP contribution in [0.3, 0.4) is 0 Å². The van der Waals surface area contributed by atoms with Gasteiger partial charge in [-0.2, -0.15) is 0 Å². The summed E-state index contributed by atoms with van der Waals surface area (Å²) in [6, 6.07) is 16.2. The van der Waals surface area contributed by atoms with E-state index in [4.69, 9.17) is 4.74 Å². The largest absolute Gasteiger partial charge is 0.447 e. The first-order valence-corrected chi connectivity index (χ1v) is 8.62. The van der Waals surface area contributed by atoms with Crippen LogP contribution in [0.1, 0.15) is 20.7 Å². The summed E-state index contributed by atoms with van der Waals surface area (Å²) in [5.74, 6) is -1.47. The van der Waals surface area contributed by atoms with E-state index < -0.39 is 23.7 Å². The molecule has 0 bridgehead atoms. The van der Waals surface area contributed by atoms with Crippen LogP contribution in [-0.4, -0.2) is 36.0 Å². The van der Waals surface area contributed by atoms with Gasteiger partial charge in [-0.25, -0.2) is 9.18 Å². The van der Waals surface area contributed by atoms with Gasteiger partial charge in [-0.05, 0) is 29.7 Å². The lowest BCUT2D eigenvalue weighted by atomic mass is 9.94. The Morgan fingerprint density at radius 3 is 2.21 bits per heavy atom. The van der Waals surface area contributed by atoms with Gasteiger partial charge in [-0.15, -0.1) is 0 Å². The van der Waals surface area contributed by atoms with E-state index in [9.17, 15) is 18.8 Å². The molecule has 6 nitrogen and oxygen atoms in total. The van der Waals surface area contributed by atoms with Crippen LogP contribution in [0.2, 0.25) is 0 Å². The molecule has 0 saturated carbocycles. The minimum atomic E-state index is -0.871. The van der Waals surface area contributed by atoms with Crippen molar-refractivity contribution in [3.05, 3.63) is 77.6 Å². The first-order valence-electron chi connectivity index (χ1n) is 8.62. The van der Waals surface area contributed by atoms with Gasteiger partial charge in [0, 0.05) is 16.5 Å². The van der Waals surface area contributed by atoms with Crippen molar-refractivity contribution in [3.8, 4) is 0 Å². The summed E-state index contributed by atoms with van der Waals surface area (Å²) in [5, 5.41) is 3.73. The molecule has 4 rings (SSSR count). The molecule has 0 unspecified atom stereocenters. The second kappa shape index (κ2) is 7.11. The fraction of sp³-hybridized carbons (Fsp3) is 0.0952. The second-order valence-electron chi connectivity index (χ2n) is 6.21. The van der Waals surface area contributed by atoms with Crippen molar-refractivity contribution in [1.82, 2.24) is 4.90 Å². The van der Waals surface area contributed by atoms with Crippen LogP contribution < -0.4 is 5.32 Å². The molecule has 7 heteroatoms. The Balaban J connectivity index is 1.45. The number of hydrogen-bond donors (Lipinski definition) is 1. The molecule has 140 valence electrons. The van der Waals surface area contributed by atoms with E-state index in [0.29, 0.717) is 16.5 Å². The Bertz CT molecular complexity index is 1060. The molecule has 0 saturated heterocycles. The third kappa shape index (κ3) is 3.07. The Labute approximate surface area is 159 Å². The van der Waals surface area contributed by atoms with Crippen LogP contribution in [0.15, 0.2) is 60.7 Å². The van der Waals surface area contributed by atoms with E-state index >= 15 is 0 Å². The van der Waals surface area contributed by atoms with Gasteiger partial charge in [-0.3, -0.25) is 19.8 Å². The normalized spacial score (nSPS) is 13.0. The molecular weight excluding hydrogens is 363 g/mol. The van der Waals surface area contributed by atoms with Gasteiger partial charge in [-0.1, -0.05) is 36.4 Å². The van der Waals surface area contributed by atoms with Gasteiger partial charge in [0.1, 0.15) is 12.4 Å². The highest BCUT2D eigenvalue weighted by atomic mass is 19.1. The minimum absolute atomic E-state index is 0.0155. The second-order valence-corrected chi connectivity index (χ2v) is 6.21. The highest BCUT2D eigenvalue weighted by Gasteiger charge is 2.32. The van der Waals surface area contributed by atoms with Crippen molar-refractivity contribution in [1.29, 1.82) is 0 Å². The molecule has 28 heavy (non-hydrogen) atoms. The fourth-order valence-corrected chi connectivity index (χ4v) is 3.22. The summed E-state index contributed by atoms with van der Waals surface area (Å²) >= 11 is 0. The van der Waals surface area contributed by atoms with E-state index in [0.717, 1.165) is 10.3 Å². The number of carbonyl (C=O) groups excluding carboxylic acids is 3. The first kappa shape index (κ1) is 17.7. The third-order valence-corrected chi connectivity index (χ3v) is 4.51. The van der Waals surface area contributed by atoms with Crippen molar-refractivity contribution < 1.29 is 23.5 Å². The lowest BCUT2D eigenvalue weighted by Gasteiger charge is -2.26. The Hall–Kier alpha value is -3.74. The molecule has 1 heterocycles. The number of ether oxygens (including phenoxy) is 1. The maximum Gasteiger partial charge on any atom is 0.411 e. The first-order chi connectivity index (χ1) is 13.6. The van der Waals surface area contributed by atoms with Crippen molar-refractivity contribution in [2.24, 2.45) is 0 Å². The molecule has 3 aromatic rings. The van der Waals surface area contributed by atoms with Crippen molar-refractivity contribution in [2.45, 2.75) is 0 Å². The molecule has 0 atom stereocenters. The summed E-state index contributed by atoms with van der Waals surface area (Å²) in [5.41, 5.74) is 0.852. The standard InChI is InChI=1S/C21H15FN2O4/c22-16-9-1-2-10-17(16)23-21(27)28-12-11-24-19(25)14-7-3-5-13-6-4-8-15(18(13)14)20(24)26/h1-10H,11-12H2,(H,23,27). The summed E-state index contributed by atoms with van der Waals surface area (Å²) in [6.45, 7) is -0.316. The van der Waals surface area contributed by atoms with Crippen molar-refractivity contribution in [3.63, 3.8) is 0 Å². The zero-order valence-electron chi connectivity index (χ0n) is 14.6. The number of anilines is 1. The van der Waals surface area contributed by atoms with E-state index in [1.807, 2.05) is 12.1 Å².